The van der Waals surface area contributed by atoms with Crippen molar-refractivity contribution in [3.63, 3.8) is 0 Å². The molecule has 1 fully saturated rings. The average molecular weight is 273 g/mol. The molecule has 0 radical (unpaired) electrons. The summed E-state index contributed by atoms with van der Waals surface area (Å²) in [5, 5.41) is 8.27. The highest BCUT2D eigenvalue weighted by Crippen LogP contribution is 2.19. The van der Waals surface area contributed by atoms with Gasteiger partial charge in [0, 0.05) is 18.5 Å². The molecule has 0 spiro atoms. The van der Waals surface area contributed by atoms with Crippen molar-refractivity contribution in [1.29, 1.82) is 0 Å². The molecule has 0 unspecified atom stereocenters. The lowest BCUT2D eigenvalue weighted by atomic mass is 10.0. The number of para-hydroxylation sites is 1. The lowest BCUT2D eigenvalue weighted by Gasteiger charge is -2.31. The summed E-state index contributed by atoms with van der Waals surface area (Å²) in [6.07, 6.45) is 2.33. The second-order valence-corrected chi connectivity index (χ2v) is 5.29. The van der Waals surface area contributed by atoms with Crippen molar-refractivity contribution in [2.75, 3.05) is 20.1 Å². The van der Waals surface area contributed by atoms with Crippen LogP contribution in [0.4, 0.5) is 0 Å². The summed E-state index contributed by atoms with van der Waals surface area (Å²) < 4.78 is 5.24. The van der Waals surface area contributed by atoms with E-state index < -0.39 is 0 Å². The molecule has 1 aromatic heterocycles. The zero-order chi connectivity index (χ0) is 13.9. The first kappa shape index (κ1) is 13.1. The SMILES string of the molecule is CN(C(=O)Cc1noc2ccccc12)C1CCNCC1. The van der Waals surface area contributed by atoms with Gasteiger partial charge < -0.3 is 14.7 Å². The highest BCUT2D eigenvalue weighted by Gasteiger charge is 2.23. The van der Waals surface area contributed by atoms with E-state index in [1.165, 1.54) is 0 Å². The first-order valence-corrected chi connectivity index (χ1v) is 7.05. The summed E-state index contributed by atoms with van der Waals surface area (Å²) in [5.41, 5.74) is 1.46. The number of hydrogen-bond acceptors (Lipinski definition) is 4. The molecule has 0 bridgehead atoms. The molecule has 1 N–H and O–H groups in total. The third-order valence-electron chi connectivity index (χ3n) is 4.02. The van der Waals surface area contributed by atoms with Gasteiger partial charge in [0.1, 0.15) is 5.69 Å². The summed E-state index contributed by atoms with van der Waals surface area (Å²) in [6, 6.07) is 7.98. The van der Waals surface area contributed by atoms with Crippen LogP contribution in [0.2, 0.25) is 0 Å². The molecule has 0 aliphatic carbocycles. The number of fused-ring (bicyclic) bond motifs is 1. The minimum absolute atomic E-state index is 0.107. The van der Waals surface area contributed by atoms with E-state index in [1.54, 1.807) is 0 Å². The van der Waals surface area contributed by atoms with Gasteiger partial charge in [-0.1, -0.05) is 17.3 Å². The van der Waals surface area contributed by atoms with Crippen LogP contribution in [0.3, 0.4) is 0 Å². The van der Waals surface area contributed by atoms with E-state index in [-0.39, 0.29) is 5.91 Å². The maximum absolute atomic E-state index is 12.4. The fourth-order valence-corrected chi connectivity index (χ4v) is 2.73. The number of aromatic nitrogens is 1. The molecular weight excluding hydrogens is 254 g/mol. The van der Waals surface area contributed by atoms with Gasteiger partial charge in [-0.3, -0.25) is 4.79 Å². The quantitative estimate of drug-likeness (QED) is 0.922. The first-order valence-electron chi connectivity index (χ1n) is 7.05. The molecule has 2 heterocycles. The summed E-state index contributed by atoms with van der Waals surface area (Å²) in [6.45, 7) is 1.96. The number of nitrogens with zero attached hydrogens (tertiary/aromatic N) is 2. The normalized spacial score (nSPS) is 16.4. The lowest BCUT2D eigenvalue weighted by molar-refractivity contribution is -0.131. The Morgan fingerprint density at radius 3 is 2.95 bits per heavy atom. The van der Waals surface area contributed by atoms with Gasteiger partial charge in [-0.25, -0.2) is 0 Å². The smallest absolute Gasteiger partial charge is 0.228 e. The van der Waals surface area contributed by atoms with Crippen LogP contribution in [0.15, 0.2) is 28.8 Å². The van der Waals surface area contributed by atoms with E-state index in [9.17, 15) is 4.79 Å². The molecule has 20 heavy (non-hydrogen) atoms. The maximum Gasteiger partial charge on any atom is 0.228 e. The zero-order valence-electron chi connectivity index (χ0n) is 11.6. The molecule has 106 valence electrons. The second kappa shape index (κ2) is 5.63. The van der Waals surface area contributed by atoms with E-state index in [1.807, 2.05) is 36.2 Å². The largest absolute Gasteiger partial charge is 0.356 e. The maximum atomic E-state index is 12.4. The Balaban J connectivity index is 1.71. The third kappa shape index (κ3) is 2.54. The Kier molecular flexibility index (Phi) is 3.69. The van der Waals surface area contributed by atoms with E-state index >= 15 is 0 Å². The van der Waals surface area contributed by atoms with Gasteiger partial charge in [0.2, 0.25) is 5.91 Å². The standard InChI is InChI=1S/C15H19N3O2/c1-18(11-6-8-16-9-7-11)15(19)10-13-12-4-2-3-5-14(12)20-17-13/h2-5,11,16H,6-10H2,1H3. The van der Waals surface area contributed by atoms with E-state index in [0.717, 1.165) is 42.6 Å². The van der Waals surface area contributed by atoms with Crippen molar-refractivity contribution in [3.05, 3.63) is 30.0 Å². The van der Waals surface area contributed by atoms with Crippen molar-refractivity contribution >= 4 is 16.9 Å². The van der Waals surface area contributed by atoms with Crippen LogP contribution >= 0.6 is 0 Å². The molecule has 3 rings (SSSR count). The summed E-state index contributed by atoms with van der Waals surface area (Å²) >= 11 is 0. The zero-order valence-corrected chi connectivity index (χ0v) is 11.6. The molecule has 1 aliphatic rings. The van der Waals surface area contributed by atoms with Crippen LogP contribution in [0.5, 0.6) is 0 Å². The monoisotopic (exact) mass is 273 g/mol. The average Bonchev–Trinajstić information content (AvgIpc) is 2.91. The number of rotatable bonds is 3. The Bertz CT molecular complexity index is 602. The minimum Gasteiger partial charge on any atom is -0.356 e. The number of carbonyl (C=O) groups excluding carboxylic acids is 1. The van der Waals surface area contributed by atoms with Crippen LogP contribution in [-0.2, 0) is 11.2 Å². The number of likely N-dealkylation sites (N-methyl/N-ethyl adjacent to an activating group) is 1. The highest BCUT2D eigenvalue weighted by molar-refractivity contribution is 5.86. The fraction of sp³-hybridized carbons (Fsp3) is 0.467. The molecule has 5 heteroatoms. The topological polar surface area (TPSA) is 58.4 Å². The summed E-state index contributed by atoms with van der Waals surface area (Å²) in [5.74, 6) is 0.107. The number of piperidine rings is 1. The van der Waals surface area contributed by atoms with Crippen molar-refractivity contribution in [1.82, 2.24) is 15.4 Å². The molecular formula is C15H19N3O2. The van der Waals surface area contributed by atoms with Crippen LogP contribution < -0.4 is 5.32 Å². The van der Waals surface area contributed by atoms with Crippen molar-refractivity contribution in [2.45, 2.75) is 25.3 Å². The lowest BCUT2D eigenvalue weighted by Crippen LogP contribution is -2.44. The van der Waals surface area contributed by atoms with E-state index in [4.69, 9.17) is 4.52 Å². The predicted octanol–water partition coefficient (Wildman–Crippen LogP) is 1.58. The van der Waals surface area contributed by atoms with Gasteiger partial charge in [0.25, 0.3) is 0 Å². The molecule has 2 aromatic rings. The van der Waals surface area contributed by atoms with Crippen LogP contribution in [0, 0.1) is 0 Å². The van der Waals surface area contributed by atoms with Gasteiger partial charge in [-0.15, -0.1) is 0 Å². The molecule has 0 atom stereocenters. The van der Waals surface area contributed by atoms with Gasteiger partial charge in [-0.2, -0.15) is 0 Å². The summed E-state index contributed by atoms with van der Waals surface area (Å²) in [4.78, 5) is 14.2. The van der Waals surface area contributed by atoms with Crippen LogP contribution in [-0.4, -0.2) is 42.1 Å². The van der Waals surface area contributed by atoms with Gasteiger partial charge in [0.15, 0.2) is 5.58 Å². The van der Waals surface area contributed by atoms with Crippen molar-refractivity contribution < 1.29 is 9.32 Å². The van der Waals surface area contributed by atoms with Crippen molar-refractivity contribution in [3.8, 4) is 0 Å². The first-order chi connectivity index (χ1) is 9.75. The highest BCUT2D eigenvalue weighted by atomic mass is 16.5. The molecule has 1 saturated heterocycles. The number of amides is 1. The van der Waals surface area contributed by atoms with Gasteiger partial charge in [0.05, 0.1) is 6.42 Å². The number of nitrogens with one attached hydrogen (secondary N) is 1. The molecule has 1 aromatic carbocycles. The number of carbonyl (C=O) groups is 1. The Labute approximate surface area is 117 Å². The fourth-order valence-electron chi connectivity index (χ4n) is 2.73. The van der Waals surface area contributed by atoms with Crippen LogP contribution in [0.25, 0.3) is 11.0 Å². The predicted molar refractivity (Wildman–Crippen MR) is 76.4 cm³/mol. The Morgan fingerprint density at radius 1 is 1.40 bits per heavy atom. The minimum atomic E-state index is 0.107. The Morgan fingerprint density at radius 2 is 2.15 bits per heavy atom. The molecule has 1 aliphatic heterocycles. The second-order valence-electron chi connectivity index (χ2n) is 5.29. The van der Waals surface area contributed by atoms with Crippen molar-refractivity contribution in [2.24, 2.45) is 0 Å². The van der Waals surface area contributed by atoms with Gasteiger partial charge in [-0.05, 0) is 38.1 Å². The van der Waals surface area contributed by atoms with Gasteiger partial charge >= 0.3 is 0 Å². The molecule has 0 saturated carbocycles. The molecule has 5 nitrogen and oxygen atoms in total. The number of benzene rings is 1. The van der Waals surface area contributed by atoms with E-state index in [0.29, 0.717) is 12.5 Å². The van der Waals surface area contributed by atoms with E-state index in [2.05, 4.69) is 10.5 Å². The van der Waals surface area contributed by atoms with Crippen LogP contribution in [0.1, 0.15) is 18.5 Å². The Hall–Kier alpha value is -1.88. The third-order valence-corrected chi connectivity index (χ3v) is 4.02. The molecule has 1 amide bonds. The summed E-state index contributed by atoms with van der Waals surface area (Å²) in [7, 11) is 1.89. The number of hydrogen-bond donors (Lipinski definition) is 1.